The first-order valence-electron chi connectivity index (χ1n) is 8.31. The molecule has 1 aliphatic rings. The lowest BCUT2D eigenvalue weighted by Crippen LogP contribution is -2.32. The van der Waals surface area contributed by atoms with Gasteiger partial charge in [0, 0.05) is 19.5 Å². The van der Waals surface area contributed by atoms with Gasteiger partial charge in [0.2, 0.25) is 5.91 Å². The van der Waals surface area contributed by atoms with Gasteiger partial charge in [0.25, 0.3) is 0 Å². The summed E-state index contributed by atoms with van der Waals surface area (Å²) < 4.78 is 0. The summed E-state index contributed by atoms with van der Waals surface area (Å²) in [5, 5.41) is 0. The van der Waals surface area contributed by atoms with Gasteiger partial charge in [-0.15, -0.1) is 12.4 Å². The van der Waals surface area contributed by atoms with Crippen molar-refractivity contribution in [1.82, 2.24) is 4.90 Å². The second-order valence-corrected chi connectivity index (χ2v) is 6.13. The van der Waals surface area contributed by atoms with Crippen molar-refractivity contribution in [2.45, 2.75) is 51.5 Å². The summed E-state index contributed by atoms with van der Waals surface area (Å²) in [5.74, 6) is 1.07. The lowest BCUT2D eigenvalue weighted by Gasteiger charge is -2.23. The quantitative estimate of drug-likeness (QED) is 0.791. The molecule has 0 unspecified atom stereocenters. The third-order valence-electron chi connectivity index (χ3n) is 4.44. The van der Waals surface area contributed by atoms with Crippen molar-refractivity contribution in [3.63, 3.8) is 0 Å². The van der Waals surface area contributed by atoms with Gasteiger partial charge < -0.3 is 10.6 Å². The van der Waals surface area contributed by atoms with Crippen molar-refractivity contribution in [3.05, 3.63) is 35.9 Å². The molecule has 4 heteroatoms. The maximum absolute atomic E-state index is 12.5. The maximum Gasteiger partial charge on any atom is 0.222 e. The molecule has 0 saturated heterocycles. The molecule has 1 saturated carbocycles. The number of nitrogens with zero attached hydrogens (tertiary/aromatic N) is 1. The van der Waals surface area contributed by atoms with Crippen LogP contribution in [0, 0.1) is 5.92 Å². The van der Waals surface area contributed by atoms with E-state index in [1.165, 1.54) is 31.2 Å². The monoisotopic (exact) mass is 324 g/mol. The Labute approximate surface area is 140 Å². The molecule has 2 N–H and O–H groups in total. The third kappa shape index (κ3) is 6.37. The molecule has 1 fully saturated rings. The van der Waals surface area contributed by atoms with Crippen LogP contribution in [0.2, 0.25) is 0 Å². The molecule has 22 heavy (non-hydrogen) atoms. The summed E-state index contributed by atoms with van der Waals surface area (Å²) >= 11 is 0. The second kappa shape index (κ2) is 10.6. The molecule has 0 atom stereocenters. The number of rotatable bonds is 8. The number of benzene rings is 1. The second-order valence-electron chi connectivity index (χ2n) is 6.13. The topological polar surface area (TPSA) is 46.3 Å². The highest BCUT2D eigenvalue weighted by Gasteiger charge is 2.19. The van der Waals surface area contributed by atoms with E-state index in [-0.39, 0.29) is 12.4 Å². The van der Waals surface area contributed by atoms with Crippen molar-refractivity contribution in [1.29, 1.82) is 0 Å². The zero-order valence-corrected chi connectivity index (χ0v) is 14.2. The van der Waals surface area contributed by atoms with Crippen molar-refractivity contribution >= 4 is 18.3 Å². The van der Waals surface area contributed by atoms with Crippen LogP contribution >= 0.6 is 12.4 Å². The smallest absolute Gasteiger partial charge is 0.222 e. The predicted molar refractivity (Wildman–Crippen MR) is 94.0 cm³/mol. The molecule has 0 bridgehead atoms. The van der Waals surface area contributed by atoms with Crippen LogP contribution in [0.3, 0.4) is 0 Å². The van der Waals surface area contributed by atoms with Crippen LogP contribution in [0.15, 0.2) is 30.3 Å². The minimum absolute atomic E-state index is 0. The van der Waals surface area contributed by atoms with Gasteiger partial charge in [-0.25, -0.2) is 0 Å². The Bertz CT molecular complexity index is 418. The fourth-order valence-electron chi connectivity index (χ4n) is 3.16. The van der Waals surface area contributed by atoms with Crippen molar-refractivity contribution in [2.24, 2.45) is 11.7 Å². The van der Waals surface area contributed by atoms with Crippen LogP contribution in [0.1, 0.15) is 50.5 Å². The molecule has 0 heterocycles. The highest BCUT2D eigenvalue weighted by atomic mass is 35.5. The molecule has 0 radical (unpaired) electrons. The molecule has 1 aliphatic carbocycles. The van der Waals surface area contributed by atoms with Crippen LogP contribution < -0.4 is 5.73 Å². The van der Waals surface area contributed by atoms with Gasteiger partial charge in [-0.05, 0) is 30.9 Å². The Balaban J connectivity index is 0.00000242. The summed E-state index contributed by atoms with van der Waals surface area (Å²) in [6.07, 6.45) is 7.96. The number of carbonyl (C=O) groups is 1. The predicted octanol–water partition coefficient (Wildman–Crippen LogP) is 3.76. The Morgan fingerprint density at radius 2 is 1.86 bits per heavy atom. The average molecular weight is 325 g/mol. The highest BCUT2D eigenvalue weighted by Crippen LogP contribution is 2.28. The molecule has 1 aromatic carbocycles. The summed E-state index contributed by atoms with van der Waals surface area (Å²) in [6, 6.07) is 10.2. The Morgan fingerprint density at radius 3 is 2.50 bits per heavy atom. The average Bonchev–Trinajstić information content (AvgIpc) is 3.03. The first-order valence-corrected chi connectivity index (χ1v) is 8.31. The summed E-state index contributed by atoms with van der Waals surface area (Å²) in [4.78, 5) is 14.5. The van der Waals surface area contributed by atoms with Crippen molar-refractivity contribution in [2.75, 3.05) is 13.1 Å². The number of nitrogens with two attached hydrogens (primary N) is 1. The molecule has 124 valence electrons. The molecule has 0 spiro atoms. The number of amides is 1. The fraction of sp³-hybridized carbons (Fsp3) is 0.611. The zero-order chi connectivity index (χ0) is 14.9. The largest absolute Gasteiger partial charge is 0.338 e. The van der Waals surface area contributed by atoms with E-state index in [9.17, 15) is 4.79 Å². The SMILES string of the molecule is Cl.NCCCN(Cc1ccccc1)C(=O)CCC1CCCC1. The zero-order valence-electron chi connectivity index (χ0n) is 13.4. The number of halogens is 1. The number of hydrogen-bond donors (Lipinski definition) is 1. The van der Waals surface area contributed by atoms with Crippen LogP contribution in [0.5, 0.6) is 0 Å². The van der Waals surface area contributed by atoms with Gasteiger partial charge in [-0.2, -0.15) is 0 Å². The standard InChI is InChI=1S/C18H28N2O.ClH/c19-13-6-14-20(15-17-9-2-1-3-10-17)18(21)12-11-16-7-4-5-8-16;/h1-3,9-10,16H,4-8,11-15,19H2;1H. The number of hydrogen-bond acceptors (Lipinski definition) is 2. The fourth-order valence-corrected chi connectivity index (χ4v) is 3.16. The van der Waals surface area contributed by atoms with E-state index in [0.29, 0.717) is 25.4 Å². The molecule has 1 amide bonds. The van der Waals surface area contributed by atoms with Gasteiger partial charge >= 0.3 is 0 Å². The van der Waals surface area contributed by atoms with Crippen LogP contribution in [-0.4, -0.2) is 23.9 Å². The Kier molecular flexibility index (Phi) is 9.17. The highest BCUT2D eigenvalue weighted by molar-refractivity contribution is 5.85. The van der Waals surface area contributed by atoms with E-state index in [2.05, 4.69) is 12.1 Å². The summed E-state index contributed by atoms with van der Waals surface area (Å²) in [5.41, 5.74) is 6.80. The van der Waals surface area contributed by atoms with E-state index in [0.717, 1.165) is 25.3 Å². The number of carbonyl (C=O) groups excluding carboxylic acids is 1. The van der Waals surface area contributed by atoms with Crippen molar-refractivity contribution < 1.29 is 4.79 Å². The minimum Gasteiger partial charge on any atom is -0.338 e. The molecule has 1 aromatic rings. The summed E-state index contributed by atoms with van der Waals surface area (Å²) in [7, 11) is 0. The molecule has 0 aromatic heterocycles. The van der Waals surface area contributed by atoms with Crippen LogP contribution in [-0.2, 0) is 11.3 Å². The first-order chi connectivity index (χ1) is 10.3. The first kappa shape index (κ1) is 19.0. The van der Waals surface area contributed by atoms with Gasteiger partial charge in [-0.3, -0.25) is 4.79 Å². The van der Waals surface area contributed by atoms with E-state index in [4.69, 9.17) is 5.73 Å². The molecule has 0 aliphatic heterocycles. The third-order valence-corrected chi connectivity index (χ3v) is 4.44. The van der Waals surface area contributed by atoms with Gasteiger partial charge in [0.15, 0.2) is 0 Å². The van der Waals surface area contributed by atoms with Gasteiger partial charge in [0.05, 0.1) is 0 Å². The lowest BCUT2D eigenvalue weighted by molar-refractivity contribution is -0.132. The lowest BCUT2D eigenvalue weighted by atomic mass is 10.0. The van der Waals surface area contributed by atoms with Crippen LogP contribution in [0.25, 0.3) is 0 Å². The molecule has 2 rings (SSSR count). The minimum atomic E-state index is 0. The molecular formula is C18H29ClN2O. The summed E-state index contributed by atoms with van der Waals surface area (Å²) in [6.45, 7) is 2.13. The molecule has 3 nitrogen and oxygen atoms in total. The van der Waals surface area contributed by atoms with E-state index in [1.54, 1.807) is 0 Å². The van der Waals surface area contributed by atoms with E-state index in [1.807, 2.05) is 23.1 Å². The Morgan fingerprint density at radius 1 is 1.18 bits per heavy atom. The van der Waals surface area contributed by atoms with Crippen LogP contribution in [0.4, 0.5) is 0 Å². The van der Waals surface area contributed by atoms with Crippen molar-refractivity contribution in [3.8, 4) is 0 Å². The maximum atomic E-state index is 12.5. The molecular weight excluding hydrogens is 296 g/mol. The Hall–Kier alpha value is -1.06. The van der Waals surface area contributed by atoms with Gasteiger partial charge in [0.1, 0.15) is 0 Å². The van der Waals surface area contributed by atoms with Gasteiger partial charge in [-0.1, -0.05) is 56.0 Å². The van der Waals surface area contributed by atoms with E-state index < -0.39 is 0 Å². The van der Waals surface area contributed by atoms with E-state index >= 15 is 0 Å². The normalized spacial score (nSPS) is 14.6.